The Balaban J connectivity index is 1.82. The lowest BCUT2D eigenvalue weighted by Crippen LogP contribution is -3.06. The Morgan fingerprint density at radius 1 is 1.11 bits per heavy atom. The second-order valence-corrected chi connectivity index (χ2v) is 9.87. The number of amides is 1. The van der Waals surface area contributed by atoms with Gasteiger partial charge < -0.3 is 29.1 Å². The molecule has 2 heterocycles. The molecule has 0 aromatic heterocycles. The third kappa shape index (κ3) is 5.44. The van der Waals surface area contributed by atoms with Gasteiger partial charge in [0.15, 0.2) is 11.5 Å². The molecule has 2 unspecified atom stereocenters. The summed E-state index contributed by atoms with van der Waals surface area (Å²) in [6, 6.07) is 9.79. The topological polar surface area (TPSA) is 92.6 Å². The van der Waals surface area contributed by atoms with E-state index in [1.54, 1.807) is 30.3 Å². The first kappa shape index (κ1) is 26.5. The number of carbonyl (C=O) groups excluding carboxylic acids is 2. The molecule has 8 heteroatoms. The Labute approximate surface area is 218 Å². The number of hydrogen-bond donors (Lipinski definition) is 1. The van der Waals surface area contributed by atoms with Crippen molar-refractivity contribution in [3.05, 3.63) is 58.7 Å². The Morgan fingerprint density at radius 2 is 1.89 bits per heavy atom. The van der Waals surface area contributed by atoms with E-state index in [0.717, 1.165) is 22.6 Å². The first-order valence-electron chi connectivity index (χ1n) is 13.0. The van der Waals surface area contributed by atoms with Gasteiger partial charge in [-0.1, -0.05) is 24.8 Å². The maximum absolute atomic E-state index is 13.8. The van der Waals surface area contributed by atoms with Gasteiger partial charge in [0, 0.05) is 12.0 Å². The molecule has 4 rings (SSSR count). The fourth-order valence-electron chi connectivity index (χ4n) is 4.80. The maximum atomic E-state index is 13.8. The highest BCUT2D eigenvalue weighted by Crippen LogP contribution is 2.42. The maximum Gasteiger partial charge on any atom is 0.295 e. The first-order chi connectivity index (χ1) is 17.7. The molecule has 2 aliphatic heterocycles. The molecular formula is C29H36N2O6. The van der Waals surface area contributed by atoms with Gasteiger partial charge >= 0.3 is 0 Å². The number of likely N-dealkylation sites (N-methyl/N-ethyl adjacent to an activating group) is 1. The summed E-state index contributed by atoms with van der Waals surface area (Å²) in [6.45, 7) is 7.79. The fraction of sp³-hybridized carbons (Fsp3) is 0.448. The minimum atomic E-state index is -0.810. The molecule has 8 nitrogen and oxygen atoms in total. The number of ether oxygens (including phenoxy) is 3. The van der Waals surface area contributed by atoms with Crippen LogP contribution in [0.1, 0.15) is 49.9 Å². The van der Waals surface area contributed by atoms with Gasteiger partial charge in [-0.05, 0) is 61.2 Å². The summed E-state index contributed by atoms with van der Waals surface area (Å²) in [5.41, 5.74) is 1.92. The van der Waals surface area contributed by atoms with Gasteiger partial charge in [-0.3, -0.25) is 9.59 Å². The van der Waals surface area contributed by atoms with Crippen molar-refractivity contribution < 1.29 is 33.8 Å². The number of benzene rings is 2. The summed E-state index contributed by atoms with van der Waals surface area (Å²) in [5.74, 6) is 0.0192. The fourth-order valence-corrected chi connectivity index (χ4v) is 4.80. The van der Waals surface area contributed by atoms with Crippen molar-refractivity contribution in [3.63, 3.8) is 0 Å². The van der Waals surface area contributed by atoms with Crippen LogP contribution in [-0.4, -0.2) is 63.1 Å². The number of nitrogens with zero attached hydrogens (tertiary/aromatic N) is 1. The van der Waals surface area contributed by atoms with E-state index in [1.807, 2.05) is 40.9 Å². The summed E-state index contributed by atoms with van der Waals surface area (Å²) in [4.78, 5) is 29.2. The highest BCUT2D eigenvalue weighted by molar-refractivity contribution is 6.46. The molecule has 2 aliphatic rings. The molecule has 0 aliphatic carbocycles. The summed E-state index contributed by atoms with van der Waals surface area (Å²) in [5, 5.41) is 13.8. The molecule has 0 bridgehead atoms. The van der Waals surface area contributed by atoms with Crippen LogP contribution in [0.3, 0.4) is 0 Å². The smallest absolute Gasteiger partial charge is 0.295 e. The zero-order chi connectivity index (χ0) is 26.7. The van der Waals surface area contributed by atoms with Crippen molar-refractivity contribution in [2.45, 2.75) is 45.8 Å². The Bertz CT molecular complexity index is 1200. The molecule has 1 N–H and O–H groups in total. The van der Waals surface area contributed by atoms with E-state index in [1.165, 1.54) is 4.90 Å². The van der Waals surface area contributed by atoms with E-state index in [4.69, 9.17) is 14.2 Å². The average Bonchev–Trinajstić information content (AvgIpc) is 3.36. The van der Waals surface area contributed by atoms with Crippen molar-refractivity contribution >= 4 is 17.4 Å². The zero-order valence-corrected chi connectivity index (χ0v) is 22.3. The van der Waals surface area contributed by atoms with Crippen molar-refractivity contribution in [3.8, 4) is 17.2 Å². The number of rotatable bonds is 10. The average molecular weight is 509 g/mol. The highest BCUT2D eigenvalue weighted by Gasteiger charge is 2.44. The third-order valence-electron chi connectivity index (χ3n) is 6.59. The minimum absolute atomic E-state index is 0.0321. The molecule has 2 aromatic carbocycles. The Hall–Kier alpha value is -3.52. The summed E-state index contributed by atoms with van der Waals surface area (Å²) in [6.07, 6.45) is 1.57. The van der Waals surface area contributed by atoms with Gasteiger partial charge in [-0.15, -0.1) is 0 Å². The Morgan fingerprint density at radius 3 is 2.59 bits per heavy atom. The molecule has 37 heavy (non-hydrogen) atoms. The van der Waals surface area contributed by atoms with E-state index in [2.05, 4.69) is 0 Å². The number of likely N-dealkylation sites (tertiary alicyclic amines) is 1. The summed E-state index contributed by atoms with van der Waals surface area (Å²) in [7, 11) is 3.96. The third-order valence-corrected chi connectivity index (χ3v) is 6.59. The van der Waals surface area contributed by atoms with Crippen molar-refractivity contribution in [1.82, 2.24) is 4.90 Å². The number of fused-ring (bicyclic) bond motifs is 1. The predicted octanol–water partition coefficient (Wildman–Crippen LogP) is 1.57. The molecule has 0 radical (unpaired) electrons. The van der Waals surface area contributed by atoms with Gasteiger partial charge in [-0.25, -0.2) is 0 Å². The largest absolute Gasteiger partial charge is 0.872 e. The summed E-state index contributed by atoms with van der Waals surface area (Å²) >= 11 is 0. The number of nitrogens with one attached hydrogen (secondary N) is 1. The number of carbonyl (C=O) groups is 2. The summed E-state index contributed by atoms with van der Waals surface area (Å²) < 4.78 is 17.4. The van der Waals surface area contributed by atoms with Crippen molar-refractivity contribution in [1.29, 1.82) is 0 Å². The lowest BCUT2D eigenvalue weighted by Gasteiger charge is -2.28. The first-order valence-corrected chi connectivity index (χ1v) is 13.0. The van der Waals surface area contributed by atoms with Gasteiger partial charge in [0.1, 0.15) is 11.9 Å². The van der Waals surface area contributed by atoms with Crippen LogP contribution < -0.4 is 24.2 Å². The molecule has 2 aromatic rings. The molecule has 198 valence electrons. The minimum Gasteiger partial charge on any atom is -0.872 e. The number of hydrogen-bond acceptors (Lipinski definition) is 6. The molecule has 1 amide bonds. The molecule has 0 saturated carbocycles. The van der Waals surface area contributed by atoms with E-state index in [0.29, 0.717) is 55.4 Å². The van der Waals surface area contributed by atoms with Crippen molar-refractivity contribution in [2.75, 3.05) is 40.4 Å². The van der Waals surface area contributed by atoms with E-state index >= 15 is 0 Å². The van der Waals surface area contributed by atoms with Gasteiger partial charge in [0.2, 0.25) is 5.78 Å². The monoisotopic (exact) mass is 508 g/mol. The van der Waals surface area contributed by atoms with E-state index < -0.39 is 23.5 Å². The van der Waals surface area contributed by atoms with Crippen molar-refractivity contribution in [2.24, 2.45) is 0 Å². The van der Waals surface area contributed by atoms with Crippen LogP contribution in [0.15, 0.2) is 42.0 Å². The number of Topliss-reactive ketones (excluding diaryl/α,β-unsaturated/α-hetero) is 1. The van der Waals surface area contributed by atoms with Gasteiger partial charge in [0.05, 0.1) is 46.4 Å². The predicted molar refractivity (Wildman–Crippen MR) is 138 cm³/mol. The van der Waals surface area contributed by atoms with Crippen LogP contribution in [0, 0.1) is 0 Å². The number of quaternary nitrogens is 1. The lowest BCUT2D eigenvalue weighted by atomic mass is 9.94. The quantitative estimate of drug-likeness (QED) is 0.298. The van der Waals surface area contributed by atoms with Crippen LogP contribution in [0.25, 0.3) is 5.76 Å². The number of ketones is 1. The normalized spacial score (nSPS) is 20.3. The van der Waals surface area contributed by atoms with Gasteiger partial charge in [-0.2, -0.15) is 0 Å². The van der Waals surface area contributed by atoms with E-state index in [9.17, 15) is 14.7 Å². The lowest BCUT2D eigenvalue weighted by molar-refractivity contribution is -0.857. The molecule has 1 saturated heterocycles. The molecule has 0 spiro atoms. The highest BCUT2D eigenvalue weighted by atomic mass is 16.5. The molecule has 1 fully saturated rings. The van der Waals surface area contributed by atoms with Crippen LogP contribution in [0.5, 0.6) is 17.2 Å². The van der Waals surface area contributed by atoms with Crippen LogP contribution >= 0.6 is 0 Å². The van der Waals surface area contributed by atoms with Crippen LogP contribution in [0.4, 0.5) is 0 Å². The second kappa shape index (κ2) is 11.3. The van der Waals surface area contributed by atoms with E-state index in [-0.39, 0.29) is 11.7 Å². The Kier molecular flexibility index (Phi) is 8.07. The van der Waals surface area contributed by atoms with Crippen LogP contribution in [0.2, 0.25) is 0 Å². The van der Waals surface area contributed by atoms with Gasteiger partial charge in [0.25, 0.3) is 5.91 Å². The zero-order valence-electron chi connectivity index (χ0n) is 22.3. The standard InChI is InChI=1S/C29H36N2O6/c1-6-14-36-23-11-8-19(17-24(23)35-7-2)26-25(28(33)29(34)31(26)13-12-30(4)5)27(32)20-9-10-22-21(16-20)15-18(3)37-22/h8-11,16-18,26,32H,6-7,12-15H2,1-5H3. The SMILES string of the molecule is CCCOc1ccc(C2C(=C([O-])c3ccc4c(c3)CC(C)O4)C(=O)C(=O)N2CC[NH+](C)C)cc1OCC. The molecule has 2 atom stereocenters. The van der Waals surface area contributed by atoms with Crippen LogP contribution in [-0.2, 0) is 16.0 Å². The molecular weight excluding hydrogens is 472 g/mol. The second-order valence-electron chi connectivity index (χ2n) is 9.87.